The topological polar surface area (TPSA) is 118 Å². The lowest BCUT2D eigenvalue weighted by atomic mass is 10.1. The van der Waals surface area contributed by atoms with Gasteiger partial charge in [-0.25, -0.2) is 4.79 Å². The number of ether oxygens (including phenoxy) is 1. The number of hydrazine groups is 1. The van der Waals surface area contributed by atoms with Gasteiger partial charge in [-0.15, -0.1) is 0 Å². The summed E-state index contributed by atoms with van der Waals surface area (Å²) in [6.07, 6.45) is 0.806. The van der Waals surface area contributed by atoms with Crippen molar-refractivity contribution in [3.63, 3.8) is 0 Å². The van der Waals surface area contributed by atoms with Gasteiger partial charge in [0.05, 0.1) is 11.7 Å². The van der Waals surface area contributed by atoms with Crippen LogP contribution in [0, 0.1) is 0 Å². The van der Waals surface area contributed by atoms with E-state index in [-0.39, 0.29) is 17.6 Å². The number of nitrogens with two attached hydrogens (primary N) is 1. The average Bonchev–Trinajstić information content (AvgIpc) is 2.56. The maximum atomic E-state index is 12.1. The molecule has 10 heteroatoms. The minimum Gasteiger partial charge on any atom is -0.444 e. The molecule has 6 N–H and O–H groups in total. The molecule has 1 aromatic rings. The Labute approximate surface area is 173 Å². The van der Waals surface area contributed by atoms with Gasteiger partial charge < -0.3 is 15.8 Å². The average molecular weight is 428 g/mol. The number of rotatable bonds is 5. The number of benzene rings is 1. The van der Waals surface area contributed by atoms with Crippen LogP contribution in [0.4, 0.5) is 4.79 Å². The fourth-order valence-corrected chi connectivity index (χ4v) is 2.82. The molecule has 2 amide bonds. The van der Waals surface area contributed by atoms with Crippen LogP contribution in [0.5, 0.6) is 0 Å². The van der Waals surface area contributed by atoms with E-state index < -0.39 is 17.6 Å². The van der Waals surface area contributed by atoms with Gasteiger partial charge in [-0.2, -0.15) is 0 Å². The predicted molar refractivity (Wildman–Crippen MR) is 108 cm³/mol. The van der Waals surface area contributed by atoms with Crippen molar-refractivity contribution in [3.05, 3.63) is 57.1 Å². The first kappa shape index (κ1) is 21.7. The second-order valence-electron chi connectivity index (χ2n) is 7.12. The SMILES string of the molecule is CC(NC1=C(NC(=O)OC(C)(C)C)NNC(C(N)=O)=C1)c1cc(Cl)ccc1Cl. The van der Waals surface area contributed by atoms with Crippen LogP contribution in [-0.2, 0) is 9.53 Å². The highest BCUT2D eigenvalue weighted by Crippen LogP contribution is 2.27. The van der Waals surface area contributed by atoms with E-state index in [4.69, 9.17) is 33.7 Å². The van der Waals surface area contributed by atoms with Crippen molar-refractivity contribution in [3.8, 4) is 0 Å². The molecule has 0 bridgehead atoms. The third kappa shape index (κ3) is 5.97. The molecule has 1 heterocycles. The smallest absolute Gasteiger partial charge is 0.413 e. The molecule has 0 spiro atoms. The molecule has 1 aromatic carbocycles. The van der Waals surface area contributed by atoms with Gasteiger partial charge in [0.1, 0.15) is 11.3 Å². The van der Waals surface area contributed by atoms with Gasteiger partial charge in [0.25, 0.3) is 5.91 Å². The number of nitrogens with one attached hydrogen (secondary N) is 4. The Morgan fingerprint density at radius 2 is 1.89 bits per heavy atom. The number of primary amides is 1. The first-order chi connectivity index (χ1) is 13.0. The first-order valence-corrected chi connectivity index (χ1v) is 9.21. The highest BCUT2D eigenvalue weighted by molar-refractivity contribution is 6.33. The van der Waals surface area contributed by atoms with E-state index in [2.05, 4.69) is 21.5 Å². The number of hydrogen-bond acceptors (Lipinski definition) is 6. The molecule has 1 aliphatic heterocycles. The number of allylic oxidation sites excluding steroid dienone is 1. The molecular formula is C18H23Cl2N5O3. The van der Waals surface area contributed by atoms with Crippen LogP contribution in [0.2, 0.25) is 10.0 Å². The van der Waals surface area contributed by atoms with Crippen molar-refractivity contribution in [2.24, 2.45) is 5.73 Å². The van der Waals surface area contributed by atoms with E-state index in [1.807, 2.05) is 6.92 Å². The molecule has 0 radical (unpaired) electrons. The van der Waals surface area contributed by atoms with Gasteiger partial charge in [0.15, 0.2) is 5.82 Å². The maximum absolute atomic E-state index is 12.1. The summed E-state index contributed by atoms with van der Waals surface area (Å²) in [5.41, 5.74) is 11.3. The summed E-state index contributed by atoms with van der Waals surface area (Å²) in [6, 6.07) is 4.81. The summed E-state index contributed by atoms with van der Waals surface area (Å²) in [6.45, 7) is 7.11. The van der Waals surface area contributed by atoms with Crippen molar-refractivity contribution in [1.29, 1.82) is 0 Å². The Hall–Kier alpha value is -2.58. The Bertz CT molecular complexity index is 846. The van der Waals surface area contributed by atoms with E-state index in [0.29, 0.717) is 15.7 Å². The Morgan fingerprint density at radius 1 is 1.21 bits per heavy atom. The number of amides is 2. The lowest BCUT2D eigenvalue weighted by Crippen LogP contribution is -2.47. The minimum absolute atomic E-state index is 0.113. The highest BCUT2D eigenvalue weighted by atomic mass is 35.5. The zero-order valence-electron chi connectivity index (χ0n) is 15.9. The van der Waals surface area contributed by atoms with Crippen LogP contribution in [0.1, 0.15) is 39.3 Å². The number of carbonyl (C=O) groups is 2. The van der Waals surface area contributed by atoms with E-state index in [1.54, 1.807) is 39.0 Å². The first-order valence-electron chi connectivity index (χ1n) is 8.45. The van der Waals surface area contributed by atoms with Crippen LogP contribution in [-0.4, -0.2) is 17.6 Å². The zero-order chi connectivity index (χ0) is 21.1. The number of hydrogen-bond donors (Lipinski definition) is 5. The lowest BCUT2D eigenvalue weighted by Gasteiger charge is -2.27. The molecule has 1 unspecified atom stereocenters. The van der Waals surface area contributed by atoms with Crippen molar-refractivity contribution < 1.29 is 14.3 Å². The summed E-state index contributed by atoms with van der Waals surface area (Å²) in [4.78, 5) is 23.6. The number of alkyl carbamates (subject to hydrolysis) is 1. The van der Waals surface area contributed by atoms with Gasteiger partial charge in [-0.05, 0) is 57.5 Å². The fourth-order valence-electron chi connectivity index (χ4n) is 2.36. The normalized spacial score (nSPS) is 15.0. The molecule has 1 atom stereocenters. The highest BCUT2D eigenvalue weighted by Gasteiger charge is 2.23. The Balaban J connectivity index is 2.31. The molecule has 0 aliphatic carbocycles. The molecule has 0 saturated heterocycles. The zero-order valence-corrected chi connectivity index (χ0v) is 17.5. The largest absolute Gasteiger partial charge is 0.444 e. The van der Waals surface area contributed by atoms with Crippen LogP contribution in [0.3, 0.4) is 0 Å². The molecule has 0 aromatic heterocycles. The summed E-state index contributed by atoms with van der Waals surface area (Å²) in [5.74, 6) is -0.416. The van der Waals surface area contributed by atoms with Crippen molar-refractivity contribution in [2.75, 3.05) is 0 Å². The Kier molecular flexibility index (Phi) is 6.69. The van der Waals surface area contributed by atoms with E-state index in [1.165, 1.54) is 6.08 Å². The lowest BCUT2D eigenvalue weighted by molar-refractivity contribution is -0.115. The standard InChI is InChI=1S/C18H23Cl2N5O3/c1-9(11-7-10(19)5-6-12(11)20)22-14-8-13(15(21)26)24-25-16(14)23-17(27)28-18(2,3)4/h5-9,22,24-25H,1-4H3,(H2,21,26)(H,23,27). The molecule has 1 aliphatic rings. The van der Waals surface area contributed by atoms with E-state index >= 15 is 0 Å². The minimum atomic E-state index is -0.670. The van der Waals surface area contributed by atoms with Gasteiger partial charge in [-0.3, -0.25) is 21.0 Å². The van der Waals surface area contributed by atoms with Gasteiger partial charge in [-0.1, -0.05) is 23.2 Å². The van der Waals surface area contributed by atoms with Crippen LogP contribution in [0.15, 0.2) is 41.5 Å². The molecule has 2 rings (SSSR count). The third-order valence-corrected chi connectivity index (χ3v) is 4.15. The second-order valence-corrected chi connectivity index (χ2v) is 7.96. The summed E-state index contributed by atoms with van der Waals surface area (Å²) < 4.78 is 5.26. The molecule has 28 heavy (non-hydrogen) atoms. The molecular weight excluding hydrogens is 405 g/mol. The molecule has 0 fully saturated rings. The molecule has 0 saturated carbocycles. The van der Waals surface area contributed by atoms with E-state index in [0.717, 1.165) is 5.56 Å². The van der Waals surface area contributed by atoms with Crippen LogP contribution >= 0.6 is 23.2 Å². The number of halogens is 2. The van der Waals surface area contributed by atoms with Crippen molar-refractivity contribution in [1.82, 2.24) is 21.5 Å². The molecule has 152 valence electrons. The molecule has 8 nitrogen and oxygen atoms in total. The fraction of sp³-hybridized carbons (Fsp3) is 0.333. The van der Waals surface area contributed by atoms with Crippen molar-refractivity contribution >= 4 is 35.2 Å². The van der Waals surface area contributed by atoms with Crippen LogP contribution in [0.25, 0.3) is 0 Å². The van der Waals surface area contributed by atoms with E-state index in [9.17, 15) is 9.59 Å². The monoisotopic (exact) mass is 427 g/mol. The summed E-state index contributed by atoms with van der Waals surface area (Å²) in [7, 11) is 0. The third-order valence-electron chi connectivity index (χ3n) is 3.57. The quantitative estimate of drug-likeness (QED) is 0.493. The number of carbonyl (C=O) groups excluding carboxylic acids is 2. The summed E-state index contributed by atoms with van der Waals surface area (Å²) in [5, 5.41) is 6.83. The van der Waals surface area contributed by atoms with Crippen LogP contribution < -0.4 is 27.2 Å². The van der Waals surface area contributed by atoms with Gasteiger partial charge in [0.2, 0.25) is 0 Å². The Morgan fingerprint density at radius 3 is 2.50 bits per heavy atom. The summed E-state index contributed by atoms with van der Waals surface area (Å²) >= 11 is 12.3. The predicted octanol–water partition coefficient (Wildman–Crippen LogP) is 2.81. The maximum Gasteiger partial charge on any atom is 0.413 e. The second kappa shape index (κ2) is 8.62. The van der Waals surface area contributed by atoms with Gasteiger partial charge >= 0.3 is 6.09 Å². The van der Waals surface area contributed by atoms with Crippen molar-refractivity contribution in [2.45, 2.75) is 39.3 Å². The van der Waals surface area contributed by atoms with Gasteiger partial charge in [0, 0.05) is 10.0 Å².